The van der Waals surface area contributed by atoms with E-state index in [0.717, 1.165) is 31.3 Å². The molecule has 1 fully saturated rings. The van der Waals surface area contributed by atoms with Crippen LogP contribution in [-0.4, -0.2) is 29.2 Å². The Bertz CT molecular complexity index is 461. The van der Waals surface area contributed by atoms with Crippen LogP contribution in [0, 0.1) is 18.7 Å². The number of nitrogens with zero attached hydrogens (tertiary/aromatic N) is 1. The first-order valence-corrected chi connectivity index (χ1v) is 7.85. The smallest absolute Gasteiger partial charge is 0.253 e. The van der Waals surface area contributed by atoms with Crippen LogP contribution < -0.4 is 0 Å². The molecule has 0 saturated carbocycles. The van der Waals surface area contributed by atoms with Crippen LogP contribution in [0.3, 0.4) is 0 Å². The molecular formula is C15H19BrFNO. The van der Waals surface area contributed by atoms with Gasteiger partial charge in [0.1, 0.15) is 5.82 Å². The number of hydrogen-bond acceptors (Lipinski definition) is 1. The van der Waals surface area contributed by atoms with Crippen LogP contribution in [-0.2, 0) is 0 Å². The lowest BCUT2D eigenvalue weighted by Gasteiger charge is -2.32. The molecule has 19 heavy (non-hydrogen) atoms. The molecule has 1 saturated heterocycles. The highest BCUT2D eigenvalue weighted by molar-refractivity contribution is 9.09. The normalized spacial score (nSPS) is 19.5. The van der Waals surface area contributed by atoms with Gasteiger partial charge in [-0.2, -0.15) is 0 Å². The van der Waals surface area contributed by atoms with Crippen LogP contribution in [0.5, 0.6) is 0 Å². The summed E-state index contributed by atoms with van der Waals surface area (Å²) in [6, 6.07) is 4.74. The van der Waals surface area contributed by atoms with Crippen molar-refractivity contribution in [1.82, 2.24) is 4.90 Å². The van der Waals surface area contributed by atoms with Gasteiger partial charge in [-0.15, -0.1) is 0 Å². The van der Waals surface area contributed by atoms with Crippen LogP contribution in [0.4, 0.5) is 4.39 Å². The Morgan fingerprint density at radius 3 is 3.00 bits per heavy atom. The number of benzene rings is 1. The van der Waals surface area contributed by atoms with E-state index in [1.54, 1.807) is 19.1 Å². The van der Waals surface area contributed by atoms with Crippen molar-refractivity contribution in [3.05, 3.63) is 35.1 Å². The molecule has 0 aromatic heterocycles. The van der Waals surface area contributed by atoms with E-state index >= 15 is 0 Å². The highest BCUT2D eigenvalue weighted by atomic mass is 79.9. The molecule has 1 aromatic carbocycles. The standard InChI is InChI=1S/C15H19BrFNO/c1-11-4-5-13(9-14(11)17)15(19)18-8-2-3-12(10-18)6-7-16/h4-5,9,12H,2-3,6-8,10H2,1H3. The third-order valence-corrected chi connectivity index (χ3v) is 4.20. The average molecular weight is 328 g/mol. The number of alkyl halides is 1. The monoisotopic (exact) mass is 327 g/mol. The summed E-state index contributed by atoms with van der Waals surface area (Å²) < 4.78 is 13.5. The minimum Gasteiger partial charge on any atom is -0.338 e. The van der Waals surface area contributed by atoms with Gasteiger partial charge in [-0.05, 0) is 49.8 Å². The number of carbonyl (C=O) groups is 1. The fourth-order valence-electron chi connectivity index (χ4n) is 2.55. The summed E-state index contributed by atoms with van der Waals surface area (Å²) in [5.74, 6) is 0.213. The fourth-order valence-corrected chi connectivity index (χ4v) is 3.20. The molecule has 0 radical (unpaired) electrons. The molecule has 0 spiro atoms. The van der Waals surface area contributed by atoms with Crippen molar-refractivity contribution in [3.8, 4) is 0 Å². The molecule has 2 rings (SSSR count). The van der Waals surface area contributed by atoms with Gasteiger partial charge in [0, 0.05) is 24.0 Å². The van der Waals surface area contributed by atoms with E-state index in [-0.39, 0.29) is 11.7 Å². The maximum absolute atomic E-state index is 13.5. The molecule has 104 valence electrons. The quantitative estimate of drug-likeness (QED) is 0.774. The molecular weight excluding hydrogens is 309 g/mol. The van der Waals surface area contributed by atoms with E-state index in [9.17, 15) is 9.18 Å². The molecule has 1 aromatic rings. The highest BCUT2D eigenvalue weighted by Crippen LogP contribution is 2.22. The van der Waals surface area contributed by atoms with Crippen LogP contribution in [0.2, 0.25) is 0 Å². The summed E-state index contributed by atoms with van der Waals surface area (Å²) in [5, 5.41) is 0.971. The van der Waals surface area contributed by atoms with Crippen molar-refractivity contribution in [2.24, 2.45) is 5.92 Å². The summed E-state index contributed by atoms with van der Waals surface area (Å²) in [7, 11) is 0. The Morgan fingerprint density at radius 2 is 2.32 bits per heavy atom. The van der Waals surface area contributed by atoms with Gasteiger partial charge in [-0.25, -0.2) is 4.39 Å². The Labute approximate surface area is 122 Å². The zero-order valence-electron chi connectivity index (χ0n) is 11.2. The molecule has 2 nitrogen and oxygen atoms in total. The number of carbonyl (C=O) groups excluding carboxylic acids is 1. The molecule has 0 bridgehead atoms. The first kappa shape index (κ1) is 14.5. The molecule has 1 heterocycles. The van der Waals surface area contributed by atoms with E-state index in [1.165, 1.54) is 12.5 Å². The number of halogens is 2. The van der Waals surface area contributed by atoms with E-state index < -0.39 is 0 Å². The minimum absolute atomic E-state index is 0.0434. The summed E-state index contributed by atoms with van der Waals surface area (Å²) in [6.07, 6.45) is 3.31. The molecule has 0 N–H and O–H groups in total. The second-order valence-electron chi connectivity index (χ2n) is 5.20. The van der Waals surface area contributed by atoms with Crippen molar-refractivity contribution in [3.63, 3.8) is 0 Å². The Hall–Kier alpha value is -0.900. The number of aryl methyl sites for hydroxylation is 1. The van der Waals surface area contributed by atoms with Crippen LogP contribution >= 0.6 is 15.9 Å². The van der Waals surface area contributed by atoms with Crippen molar-refractivity contribution in [2.75, 3.05) is 18.4 Å². The van der Waals surface area contributed by atoms with Gasteiger partial charge in [-0.1, -0.05) is 22.0 Å². The zero-order valence-corrected chi connectivity index (χ0v) is 12.7. The van der Waals surface area contributed by atoms with Crippen LogP contribution in [0.25, 0.3) is 0 Å². The Kier molecular flexibility index (Phi) is 4.97. The second-order valence-corrected chi connectivity index (χ2v) is 5.99. The predicted octanol–water partition coefficient (Wildman–Crippen LogP) is 3.77. The third-order valence-electron chi connectivity index (χ3n) is 3.74. The SMILES string of the molecule is Cc1ccc(C(=O)N2CCCC(CCBr)C2)cc1F. The molecule has 0 aliphatic carbocycles. The zero-order chi connectivity index (χ0) is 13.8. The molecule has 1 aliphatic rings. The van der Waals surface area contributed by atoms with Gasteiger partial charge >= 0.3 is 0 Å². The second kappa shape index (κ2) is 6.51. The lowest BCUT2D eigenvalue weighted by Crippen LogP contribution is -2.40. The van der Waals surface area contributed by atoms with Crippen molar-refractivity contribution < 1.29 is 9.18 Å². The van der Waals surface area contributed by atoms with Gasteiger partial charge in [-0.3, -0.25) is 4.79 Å². The molecule has 1 atom stereocenters. The predicted molar refractivity (Wildman–Crippen MR) is 78.2 cm³/mol. The topological polar surface area (TPSA) is 20.3 Å². The molecule has 1 amide bonds. The number of amides is 1. The van der Waals surface area contributed by atoms with E-state index in [4.69, 9.17) is 0 Å². The number of hydrogen-bond donors (Lipinski definition) is 0. The maximum atomic E-state index is 13.5. The van der Waals surface area contributed by atoms with Crippen molar-refractivity contribution in [2.45, 2.75) is 26.2 Å². The van der Waals surface area contributed by atoms with Crippen LogP contribution in [0.15, 0.2) is 18.2 Å². The van der Waals surface area contributed by atoms with E-state index in [1.807, 2.05) is 4.90 Å². The number of piperidine rings is 1. The van der Waals surface area contributed by atoms with E-state index in [0.29, 0.717) is 17.0 Å². The van der Waals surface area contributed by atoms with Crippen molar-refractivity contribution >= 4 is 21.8 Å². The summed E-state index contributed by atoms with van der Waals surface area (Å²) in [5.41, 5.74) is 1.04. The summed E-state index contributed by atoms with van der Waals surface area (Å²) in [4.78, 5) is 14.2. The largest absolute Gasteiger partial charge is 0.338 e. The first-order valence-electron chi connectivity index (χ1n) is 6.73. The average Bonchev–Trinajstić information content (AvgIpc) is 2.42. The number of rotatable bonds is 3. The van der Waals surface area contributed by atoms with Gasteiger partial charge in [0.2, 0.25) is 0 Å². The summed E-state index contributed by atoms with van der Waals surface area (Å²) in [6.45, 7) is 3.28. The molecule has 1 aliphatic heterocycles. The fraction of sp³-hybridized carbons (Fsp3) is 0.533. The molecule has 1 unspecified atom stereocenters. The highest BCUT2D eigenvalue weighted by Gasteiger charge is 2.24. The third kappa shape index (κ3) is 3.56. The lowest BCUT2D eigenvalue weighted by molar-refractivity contribution is 0.0671. The first-order chi connectivity index (χ1) is 9.11. The van der Waals surface area contributed by atoms with Crippen LogP contribution in [0.1, 0.15) is 35.2 Å². The van der Waals surface area contributed by atoms with Gasteiger partial charge in [0.15, 0.2) is 0 Å². The minimum atomic E-state index is -0.306. The Morgan fingerprint density at radius 1 is 1.53 bits per heavy atom. The Balaban J connectivity index is 2.08. The lowest BCUT2D eigenvalue weighted by atomic mass is 9.95. The molecule has 4 heteroatoms. The summed E-state index contributed by atoms with van der Waals surface area (Å²) >= 11 is 3.45. The van der Waals surface area contributed by atoms with Crippen molar-refractivity contribution in [1.29, 1.82) is 0 Å². The maximum Gasteiger partial charge on any atom is 0.253 e. The number of likely N-dealkylation sites (tertiary alicyclic amines) is 1. The van der Waals surface area contributed by atoms with Gasteiger partial charge < -0.3 is 4.90 Å². The van der Waals surface area contributed by atoms with E-state index in [2.05, 4.69) is 15.9 Å². The van der Waals surface area contributed by atoms with Gasteiger partial charge in [0.05, 0.1) is 0 Å². The van der Waals surface area contributed by atoms with Gasteiger partial charge in [0.25, 0.3) is 5.91 Å².